The SMILES string of the molecule is CC(C)(C)[Si](C)(C)OCc1ccc(NC(=O)OC2OC(C(=O)O)C(O)C(O)C2O)cc1. The van der Waals surface area contributed by atoms with E-state index < -0.39 is 51.1 Å². The molecule has 5 atom stereocenters. The molecule has 1 aromatic rings. The van der Waals surface area contributed by atoms with Gasteiger partial charge in [-0.2, -0.15) is 0 Å². The van der Waals surface area contributed by atoms with Crippen molar-refractivity contribution in [1.29, 1.82) is 0 Å². The molecule has 0 spiro atoms. The maximum atomic E-state index is 12.1. The monoisotopic (exact) mass is 457 g/mol. The normalized spacial score (nSPS) is 26.9. The van der Waals surface area contributed by atoms with Crippen LogP contribution in [0.5, 0.6) is 0 Å². The van der Waals surface area contributed by atoms with Crippen LogP contribution in [0.2, 0.25) is 18.1 Å². The Morgan fingerprint density at radius 3 is 2.16 bits per heavy atom. The maximum Gasteiger partial charge on any atom is 0.414 e. The van der Waals surface area contributed by atoms with Crippen molar-refractivity contribution in [2.24, 2.45) is 0 Å². The molecular weight excluding hydrogens is 426 g/mol. The molecule has 31 heavy (non-hydrogen) atoms. The van der Waals surface area contributed by atoms with Crippen molar-refractivity contribution in [1.82, 2.24) is 0 Å². The highest BCUT2D eigenvalue weighted by Gasteiger charge is 2.48. The van der Waals surface area contributed by atoms with Crippen LogP contribution in [-0.2, 0) is 25.3 Å². The molecule has 1 aliphatic rings. The summed E-state index contributed by atoms with van der Waals surface area (Å²) in [5.74, 6) is -1.57. The van der Waals surface area contributed by atoms with Crippen LogP contribution in [0.4, 0.5) is 10.5 Å². The number of ether oxygens (including phenoxy) is 2. The molecule has 0 aromatic heterocycles. The molecule has 1 aromatic carbocycles. The Morgan fingerprint density at radius 2 is 1.65 bits per heavy atom. The van der Waals surface area contributed by atoms with E-state index in [9.17, 15) is 24.9 Å². The van der Waals surface area contributed by atoms with E-state index in [-0.39, 0.29) is 5.04 Å². The van der Waals surface area contributed by atoms with E-state index in [1.165, 1.54) is 0 Å². The van der Waals surface area contributed by atoms with Gasteiger partial charge in [-0.05, 0) is 35.8 Å². The van der Waals surface area contributed by atoms with E-state index in [2.05, 4.69) is 39.2 Å². The van der Waals surface area contributed by atoms with Crippen LogP contribution in [0.3, 0.4) is 0 Å². The van der Waals surface area contributed by atoms with Gasteiger partial charge in [0.1, 0.15) is 18.3 Å². The van der Waals surface area contributed by atoms with Gasteiger partial charge in [0.25, 0.3) is 0 Å². The third-order valence-corrected chi connectivity index (χ3v) is 10.1. The van der Waals surface area contributed by atoms with Crippen LogP contribution in [-0.4, -0.2) is 71.5 Å². The number of carboxylic acid groups (broad SMARTS) is 1. The Hall–Kier alpha value is -2.02. The molecule has 5 N–H and O–H groups in total. The maximum absolute atomic E-state index is 12.1. The lowest BCUT2D eigenvalue weighted by Gasteiger charge is -2.37. The van der Waals surface area contributed by atoms with Gasteiger partial charge in [-0.25, -0.2) is 9.59 Å². The summed E-state index contributed by atoms with van der Waals surface area (Å²) in [6.45, 7) is 11.2. The zero-order chi connectivity index (χ0) is 23.6. The van der Waals surface area contributed by atoms with Crippen LogP contribution in [0.25, 0.3) is 0 Å². The number of anilines is 1. The Bertz CT molecular complexity index is 778. The largest absolute Gasteiger partial charge is 0.479 e. The molecule has 2 rings (SSSR count). The molecule has 1 saturated heterocycles. The minimum absolute atomic E-state index is 0.0906. The molecule has 0 aliphatic carbocycles. The predicted octanol–water partition coefficient (Wildman–Crippen LogP) is 1.65. The smallest absolute Gasteiger partial charge is 0.414 e. The Balaban J connectivity index is 1.93. The second-order valence-corrected chi connectivity index (χ2v) is 13.8. The first-order valence-corrected chi connectivity index (χ1v) is 12.8. The minimum Gasteiger partial charge on any atom is -0.479 e. The second-order valence-electron chi connectivity index (χ2n) is 9.01. The highest BCUT2D eigenvalue weighted by atomic mass is 28.4. The zero-order valence-corrected chi connectivity index (χ0v) is 19.2. The third kappa shape index (κ3) is 6.25. The lowest BCUT2D eigenvalue weighted by molar-refractivity contribution is -0.277. The molecule has 11 heteroatoms. The van der Waals surface area contributed by atoms with E-state index >= 15 is 0 Å². The molecule has 1 amide bonds. The third-order valence-electron chi connectivity index (χ3n) is 5.64. The van der Waals surface area contributed by atoms with E-state index in [0.29, 0.717) is 12.3 Å². The van der Waals surface area contributed by atoms with Crippen molar-refractivity contribution in [2.75, 3.05) is 5.32 Å². The van der Waals surface area contributed by atoms with Gasteiger partial charge in [-0.15, -0.1) is 0 Å². The molecule has 5 unspecified atom stereocenters. The average molecular weight is 458 g/mol. The fourth-order valence-corrected chi connectivity index (χ4v) is 3.53. The number of aliphatic carboxylic acids is 1. The Labute approximate surface area is 181 Å². The lowest BCUT2D eigenvalue weighted by atomic mass is 9.99. The molecule has 0 saturated carbocycles. The number of carbonyl (C=O) groups is 2. The summed E-state index contributed by atoms with van der Waals surface area (Å²) in [6.07, 6.45) is -10.2. The number of benzene rings is 1. The molecule has 1 heterocycles. The summed E-state index contributed by atoms with van der Waals surface area (Å²) in [5.41, 5.74) is 1.32. The van der Waals surface area contributed by atoms with E-state index in [1.54, 1.807) is 24.3 Å². The summed E-state index contributed by atoms with van der Waals surface area (Å²) >= 11 is 0. The first kappa shape index (κ1) is 25.2. The number of aliphatic hydroxyl groups is 3. The van der Waals surface area contributed by atoms with Gasteiger partial charge in [0.2, 0.25) is 6.29 Å². The molecule has 10 nitrogen and oxygen atoms in total. The van der Waals surface area contributed by atoms with Crippen LogP contribution in [0.15, 0.2) is 24.3 Å². The fraction of sp³-hybridized carbons (Fsp3) is 0.600. The summed E-state index contributed by atoms with van der Waals surface area (Å²) in [7, 11) is -1.89. The van der Waals surface area contributed by atoms with Crippen molar-refractivity contribution in [3.63, 3.8) is 0 Å². The van der Waals surface area contributed by atoms with Crippen LogP contribution in [0.1, 0.15) is 26.3 Å². The topological polar surface area (TPSA) is 155 Å². The number of aliphatic hydroxyl groups excluding tert-OH is 3. The fourth-order valence-electron chi connectivity index (χ4n) is 2.57. The summed E-state index contributed by atoms with van der Waals surface area (Å²) in [6, 6.07) is 6.86. The van der Waals surface area contributed by atoms with Gasteiger partial charge in [-0.1, -0.05) is 32.9 Å². The van der Waals surface area contributed by atoms with Gasteiger partial charge in [0, 0.05) is 5.69 Å². The van der Waals surface area contributed by atoms with Crippen LogP contribution < -0.4 is 5.32 Å². The molecule has 0 bridgehead atoms. The quantitative estimate of drug-likeness (QED) is 0.401. The summed E-state index contributed by atoms with van der Waals surface area (Å²) in [5, 5.41) is 40.9. The summed E-state index contributed by atoms with van der Waals surface area (Å²) in [4.78, 5) is 23.2. The van der Waals surface area contributed by atoms with Crippen molar-refractivity contribution >= 4 is 26.1 Å². The Morgan fingerprint density at radius 1 is 1.06 bits per heavy atom. The zero-order valence-electron chi connectivity index (χ0n) is 18.2. The lowest BCUT2D eigenvalue weighted by Crippen LogP contribution is -2.60. The van der Waals surface area contributed by atoms with E-state index in [0.717, 1.165) is 5.56 Å². The number of carbonyl (C=O) groups excluding carboxylic acids is 1. The van der Waals surface area contributed by atoms with Gasteiger partial charge in [0.15, 0.2) is 14.4 Å². The van der Waals surface area contributed by atoms with Crippen LogP contribution in [0, 0.1) is 0 Å². The first-order valence-electron chi connectivity index (χ1n) is 9.86. The van der Waals surface area contributed by atoms with Crippen LogP contribution >= 0.6 is 0 Å². The molecule has 1 fully saturated rings. The van der Waals surface area contributed by atoms with E-state index in [1.807, 2.05) is 0 Å². The first-order chi connectivity index (χ1) is 14.2. The molecular formula is C20H31NO9Si. The second kappa shape index (κ2) is 9.63. The minimum atomic E-state index is -1.89. The standard InChI is InChI=1S/C20H31NO9Si/c1-20(2,3)31(4,5)28-10-11-6-8-12(9-7-11)21-19(27)30-18-15(24)13(22)14(23)16(29-18)17(25)26/h6-9,13-16,18,22-24H,10H2,1-5H3,(H,21,27)(H,25,26). The van der Waals surface area contributed by atoms with Gasteiger partial charge < -0.3 is 34.3 Å². The molecule has 0 radical (unpaired) electrons. The van der Waals surface area contributed by atoms with E-state index in [4.69, 9.17) is 19.0 Å². The molecule has 1 aliphatic heterocycles. The number of rotatable bonds is 6. The predicted molar refractivity (Wildman–Crippen MR) is 113 cm³/mol. The number of hydrogen-bond donors (Lipinski definition) is 5. The van der Waals surface area contributed by atoms with Gasteiger partial charge >= 0.3 is 12.1 Å². The Kier molecular flexibility index (Phi) is 7.84. The highest BCUT2D eigenvalue weighted by molar-refractivity contribution is 6.74. The van der Waals surface area contributed by atoms with Crippen molar-refractivity contribution in [3.8, 4) is 0 Å². The van der Waals surface area contributed by atoms with Gasteiger partial charge in [0.05, 0.1) is 6.61 Å². The summed E-state index contributed by atoms with van der Waals surface area (Å²) < 4.78 is 15.9. The van der Waals surface area contributed by atoms with Crippen molar-refractivity contribution < 1.29 is 43.9 Å². The van der Waals surface area contributed by atoms with Crippen molar-refractivity contribution in [2.45, 2.75) is 76.2 Å². The molecule has 174 valence electrons. The van der Waals surface area contributed by atoms with Crippen molar-refractivity contribution in [3.05, 3.63) is 29.8 Å². The van der Waals surface area contributed by atoms with Gasteiger partial charge in [-0.3, -0.25) is 5.32 Å². The number of amides is 1. The number of hydrogen-bond acceptors (Lipinski definition) is 8. The number of carboxylic acids is 1. The average Bonchev–Trinajstić information content (AvgIpc) is 2.66. The highest BCUT2D eigenvalue weighted by Crippen LogP contribution is 2.37. The number of nitrogens with one attached hydrogen (secondary N) is 1.